The number of carbonyl (C=O) groups is 2. The van der Waals surface area contributed by atoms with E-state index in [4.69, 9.17) is 13.9 Å². The van der Waals surface area contributed by atoms with Gasteiger partial charge in [0.25, 0.3) is 11.7 Å². The van der Waals surface area contributed by atoms with Gasteiger partial charge in [-0.2, -0.15) is 0 Å². The molecule has 2 atom stereocenters. The van der Waals surface area contributed by atoms with Crippen molar-refractivity contribution in [2.45, 2.75) is 32.0 Å². The molecule has 1 amide bonds. The number of ether oxygens (including phenoxy) is 2. The Balaban J connectivity index is 1.62. The molecule has 2 aliphatic heterocycles. The van der Waals surface area contributed by atoms with Crippen LogP contribution in [0.3, 0.4) is 0 Å². The lowest BCUT2D eigenvalue weighted by atomic mass is 9.94. The van der Waals surface area contributed by atoms with Crippen LogP contribution >= 0.6 is 0 Å². The highest BCUT2D eigenvalue weighted by atomic mass is 16.5. The van der Waals surface area contributed by atoms with Gasteiger partial charge in [0.1, 0.15) is 29.1 Å². The van der Waals surface area contributed by atoms with Crippen LogP contribution in [0.25, 0.3) is 5.76 Å². The number of hydrogen-bond acceptors (Lipinski definition) is 6. The number of aliphatic hydroxyl groups is 1. The third-order valence-electron chi connectivity index (χ3n) is 6.05. The molecular weight excluding hydrogens is 422 g/mol. The van der Waals surface area contributed by atoms with E-state index in [1.54, 1.807) is 55.6 Å². The standard InChI is InChI=1S/C26H23NO6/c1-15-12-18-13-17(7-10-21(18)33-15)24(28)22-23(16-5-8-19(31-2)9-6-16)27(26(30)25(22)29)14-20-4-3-11-32-20/h3-11,13,15,23,28H,12,14H2,1-2H3/b24-22+/t15-,23+/m1/s1. The van der Waals surface area contributed by atoms with E-state index in [-0.39, 0.29) is 24.0 Å². The van der Waals surface area contributed by atoms with Crippen molar-refractivity contribution < 1.29 is 28.6 Å². The van der Waals surface area contributed by atoms with E-state index < -0.39 is 17.7 Å². The minimum absolute atomic E-state index is 0.0450. The summed E-state index contributed by atoms with van der Waals surface area (Å²) in [4.78, 5) is 27.6. The molecule has 0 spiro atoms. The summed E-state index contributed by atoms with van der Waals surface area (Å²) in [7, 11) is 1.57. The van der Waals surface area contributed by atoms with Crippen LogP contribution in [0.15, 0.2) is 70.9 Å². The first-order valence-corrected chi connectivity index (χ1v) is 10.7. The lowest BCUT2D eigenvalue weighted by Crippen LogP contribution is -2.29. The summed E-state index contributed by atoms with van der Waals surface area (Å²) in [6.07, 6.45) is 2.28. The summed E-state index contributed by atoms with van der Waals surface area (Å²) >= 11 is 0. The van der Waals surface area contributed by atoms with E-state index in [1.807, 2.05) is 13.0 Å². The Morgan fingerprint density at radius 3 is 2.64 bits per heavy atom. The maximum Gasteiger partial charge on any atom is 0.296 e. The van der Waals surface area contributed by atoms with Gasteiger partial charge >= 0.3 is 0 Å². The van der Waals surface area contributed by atoms with E-state index in [1.165, 1.54) is 11.2 Å². The first-order chi connectivity index (χ1) is 16.0. The Morgan fingerprint density at radius 2 is 1.94 bits per heavy atom. The number of carbonyl (C=O) groups excluding carboxylic acids is 2. The smallest absolute Gasteiger partial charge is 0.296 e. The number of likely N-dealkylation sites (tertiary alicyclic amines) is 1. The predicted molar refractivity (Wildman–Crippen MR) is 120 cm³/mol. The first-order valence-electron chi connectivity index (χ1n) is 10.7. The van der Waals surface area contributed by atoms with Gasteiger partial charge in [0.2, 0.25) is 0 Å². The quantitative estimate of drug-likeness (QED) is 0.359. The highest BCUT2D eigenvalue weighted by Gasteiger charge is 2.46. The zero-order valence-corrected chi connectivity index (χ0v) is 18.3. The third kappa shape index (κ3) is 3.65. The largest absolute Gasteiger partial charge is 0.507 e. The van der Waals surface area contributed by atoms with Crippen molar-refractivity contribution in [3.63, 3.8) is 0 Å². The van der Waals surface area contributed by atoms with Crippen LogP contribution in [0.1, 0.15) is 35.4 Å². The van der Waals surface area contributed by atoms with Crippen LogP contribution in [0.5, 0.6) is 11.5 Å². The second kappa shape index (κ2) is 8.16. The van der Waals surface area contributed by atoms with Gasteiger partial charge in [0.15, 0.2) is 0 Å². The van der Waals surface area contributed by atoms with Crippen LogP contribution in [-0.2, 0) is 22.6 Å². The highest BCUT2D eigenvalue weighted by molar-refractivity contribution is 6.46. The average Bonchev–Trinajstić information content (AvgIpc) is 3.53. The number of furan rings is 1. The second-order valence-corrected chi connectivity index (χ2v) is 8.23. The van der Waals surface area contributed by atoms with Crippen molar-refractivity contribution in [2.75, 3.05) is 7.11 Å². The van der Waals surface area contributed by atoms with Crippen molar-refractivity contribution >= 4 is 17.4 Å². The van der Waals surface area contributed by atoms with Crippen LogP contribution in [0.2, 0.25) is 0 Å². The molecule has 2 aromatic carbocycles. The van der Waals surface area contributed by atoms with Gasteiger partial charge in [-0.3, -0.25) is 9.59 Å². The zero-order chi connectivity index (χ0) is 23.1. The zero-order valence-electron chi connectivity index (χ0n) is 18.3. The Bertz CT molecular complexity index is 1240. The van der Waals surface area contributed by atoms with Gasteiger partial charge in [0.05, 0.1) is 31.5 Å². The molecule has 2 aliphatic rings. The highest BCUT2D eigenvalue weighted by Crippen LogP contribution is 2.41. The van der Waals surface area contributed by atoms with E-state index in [9.17, 15) is 14.7 Å². The topological polar surface area (TPSA) is 89.2 Å². The van der Waals surface area contributed by atoms with Crippen molar-refractivity contribution in [3.8, 4) is 11.5 Å². The molecule has 0 radical (unpaired) electrons. The average molecular weight is 445 g/mol. The molecule has 7 nitrogen and oxygen atoms in total. The van der Waals surface area contributed by atoms with Gasteiger partial charge in [-0.15, -0.1) is 0 Å². The molecule has 7 heteroatoms. The minimum Gasteiger partial charge on any atom is -0.507 e. The SMILES string of the molecule is COc1ccc([C@H]2/C(=C(\O)c3ccc4c(c3)C[C@@H](C)O4)C(=O)C(=O)N2Cc2ccco2)cc1. The van der Waals surface area contributed by atoms with Crippen LogP contribution < -0.4 is 9.47 Å². The monoisotopic (exact) mass is 445 g/mol. The number of fused-ring (bicyclic) bond motifs is 1. The molecule has 1 N–H and O–H groups in total. The summed E-state index contributed by atoms with van der Waals surface area (Å²) in [6.45, 7) is 2.07. The summed E-state index contributed by atoms with van der Waals surface area (Å²) in [5.41, 5.74) is 2.16. The van der Waals surface area contributed by atoms with E-state index in [0.717, 1.165) is 11.3 Å². The van der Waals surface area contributed by atoms with Gasteiger partial charge in [-0.05, 0) is 60.5 Å². The van der Waals surface area contributed by atoms with Gasteiger partial charge in [-0.25, -0.2) is 0 Å². The van der Waals surface area contributed by atoms with Crippen LogP contribution in [0.4, 0.5) is 0 Å². The molecule has 1 aromatic heterocycles. The van der Waals surface area contributed by atoms with E-state index in [2.05, 4.69) is 0 Å². The third-order valence-corrected chi connectivity index (χ3v) is 6.05. The number of benzene rings is 2. The van der Waals surface area contributed by atoms with Crippen molar-refractivity contribution in [1.29, 1.82) is 0 Å². The Labute approximate surface area is 190 Å². The van der Waals surface area contributed by atoms with Crippen molar-refractivity contribution in [2.24, 2.45) is 0 Å². The van der Waals surface area contributed by atoms with Gasteiger partial charge in [-0.1, -0.05) is 12.1 Å². The molecule has 0 unspecified atom stereocenters. The van der Waals surface area contributed by atoms with E-state index >= 15 is 0 Å². The molecule has 1 fully saturated rings. The molecule has 5 rings (SSSR count). The van der Waals surface area contributed by atoms with Crippen LogP contribution in [-0.4, -0.2) is 34.9 Å². The van der Waals surface area contributed by atoms with Crippen molar-refractivity contribution in [3.05, 3.63) is 88.9 Å². The summed E-state index contributed by atoms with van der Waals surface area (Å²) in [5.74, 6) is 0.327. The number of Topliss-reactive ketones (excluding diaryl/α,β-unsaturated/α-hetero) is 1. The number of hydrogen-bond donors (Lipinski definition) is 1. The number of ketones is 1. The molecule has 3 heterocycles. The molecule has 0 bridgehead atoms. The molecule has 0 aliphatic carbocycles. The fourth-order valence-corrected chi connectivity index (χ4v) is 4.47. The van der Waals surface area contributed by atoms with Gasteiger partial charge in [0, 0.05) is 12.0 Å². The second-order valence-electron chi connectivity index (χ2n) is 8.23. The lowest BCUT2D eigenvalue weighted by molar-refractivity contribution is -0.140. The first kappa shape index (κ1) is 20.9. The number of aliphatic hydroxyl groups excluding tert-OH is 1. The van der Waals surface area contributed by atoms with Crippen LogP contribution in [0, 0.1) is 0 Å². The fourth-order valence-electron chi connectivity index (χ4n) is 4.47. The number of methoxy groups -OCH3 is 1. The molecule has 33 heavy (non-hydrogen) atoms. The molecule has 168 valence electrons. The van der Waals surface area contributed by atoms with Crippen molar-refractivity contribution in [1.82, 2.24) is 4.90 Å². The number of rotatable bonds is 5. The number of amides is 1. The predicted octanol–water partition coefficient (Wildman–Crippen LogP) is 4.23. The maximum absolute atomic E-state index is 13.2. The maximum atomic E-state index is 13.2. The summed E-state index contributed by atoms with van der Waals surface area (Å²) < 4.78 is 16.4. The minimum atomic E-state index is -0.774. The summed E-state index contributed by atoms with van der Waals surface area (Å²) in [5, 5.41) is 11.3. The normalized spacial score (nSPS) is 21.2. The molecule has 3 aromatic rings. The Kier molecular flexibility index (Phi) is 5.17. The molecule has 0 saturated carbocycles. The van der Waals surface area contributed by atoms with Gasteiger partial charge < -0.3 is 23.9 Å². The Hall–Kier alpha value is -4.00. The van der Waals surface area contributed by atoms with E-state index in [0.29, 0.717) is 29.1 Å². The summed E-state index contributed by atoms with van der Waals surface area (Å²) in [6, 6.07) is 15.1. The lowest BCUT2D eigenvalue weighted by Gasteiger charge is -2.24. The molecule has 1 saturated heterocycles. The fraction of sp³-hybridized carbons (Fsp3) is 0.231. The Morgan fingerprint density at radius 1 is 1.15 bits per heavy atom. The molecular formula is C26H23NO6. The number of nitrogens with zero attached hydrogens (tertiary/aromatic N) is 1.